The zero-order chi connectivity index (χ0) is 25.2. The summed E-state index contributed by atoms with van der Waals surface area (Å²) in [5.74, 6) is -0.594. The largest absolute Gasteiger partial charge is 0.484 e. The third kappa shape index (κ3) is 7.65. The van der Waals surface area contributed by atoms with Gasteiger partial charge in [-0.3, -0.25) is 30.6 Å². The van der Waals surface area contributed by atoms with Gasteiger partial charge in [-0.15, -0.1) is 0 Å². The van der Waals surface area contributed by atoms with Crippen molar-refractivity contribution in [3.8, 4) is 5.75 Å². The van der Waals surface area contributed by atoms with E-state index in [9.17, 15) is 14.4 Å². The minimum atomic E-state index is -0.468. The van der Waals surface area contributed by atoms with Crippen LogP contribution in [0.2, 0.25) is 0 Å². The van der Waals surface area contributed by atoms with Crippen LogP contribution in [0, 0.1) is 6.92 Å². The van der Waals surface area contributed by atoms with E-state index in [4.69, 9.17) is 17.0 Å². The second-order valence-corrected chi connectivity index (χ2v) is 8.00. The molecule has 0 heterocycles. The number of carbonyl (C=O) groups excluding carboxylic acids is 3. The Labute approximate surface area is 209 Å². The van der Waals surface area contributed by atoms with Gasteiger partial charge in [0.1, 0.15) is 5.75 Å². The minimum absolute atomic E-state index is 0.0737. The van der Waals surface area contributed by atoms with E-state index in [1.54, 1.807) is 48.5 Å². The summed E-state index contributed by atoms with van der Waals surface area (Å²) in [7, 11) is 0. The molecule has 0 saturated heterocycles. The number of anilines is 1. The predicted molar refractivity (Wildman–Crippen MR) is 138 cm³/mol. The lowest BCUT2D eigenvalue weighted by molar-refractivity contribution is -0.121. The molecular weight excluding hydrogens is 464 g/mol. The Kier molecular flexibility index (Phi) is 8.91. The first-order chi connectivity index (χ1) is 16.9. The van der Waals surface area contributed by atoms with Crippen molar-refractivity contribution in [1.29, 1.82) is 0 Å². The molecule has 35 heavy (non-hydrogen) atoms. The van der Waals surface area contributed by atoms with Crippen LogP contribution in [0.15, 0.2) is 72.8 Å². The summed E-state index contributed by atoms with van der Waals surface area (Å²) in [6.45, 7) is 3.69. The molecule has 3 aromatic rings. The SMILES string of the molecule is CCc1ccc(OCC(=O)NC(=S)NNC(=O)c2ccc(NC(=O)c3ccccc3C)cc2)cc1. The number of benzene rings is 3. The molecule has 0 spiro atoms. The zero-order valence-corrected chi connectivity index (χ0v) is 20.2. The fourth-order valence-electron chi connectivity index (χ4n) is 3.08. The lowest BCUT2D eigenvalue weighted by Crippen LogP contribution is -2.49. The summed E-state index contributed by atoms with van der Waals surface area (Å²) in [6, 6.07) is 21.1. The van der Waals surface area contributed by atoms with E-state index < -0.39 is 11.8 Å². The van der Waals surface area contributed by atoms with Crippen LogP contribution in [0.1, 0.15) is 38.8 Å². The molecule has 0 saturated carbocycles. The van der Waals surface area contributed by atoms with E-state index in [1.165, 1.54) is 5.56 Å². The van der Waals surface area contributed by atoms with Crippen LogP contribution in [0.5, 0.6) is 5.75 Å². The molecule has 0 atom stereocenters. The molecule has 0 aliphatic carbocycles. The molecule has 0 fully saturated rings. The molecule has 0 radical (unpaired) electrons. The lowest BCUT2D eigenvalue weighted by atomic mass is 10.1. The van der Waals surface area contributed by atoms with Crippen molar-refractivity contribution in [1.82, 2.24) is 16.2 Å². The molecule has 3 rings (SSSR count). The fraction of sp³-hybridized carbons (Fsp3) is 0.154. The Hall–Kier alpha value is -4.24. The van der Waals surface area contributed by atoms with Crippen molar-refractivity contribution >= 4 is 40.7 Å². The average Bonchev–Trinajstić information content (AvgIpc) is 2.87. The third-order valence-electron chi connectivity index (χ3n) is 5.04. The van der Waals surface area contributed by atoms with Crippen LogP contribution < -0.4 is 26.2 Å². The van der Waals surface area contributed by atoms with Gasteiger partial charge in [-0.25, -0.2) is 0 Å². The molecule has 3 amide bonds. The first-order valence-corrected chi connectivity index (χ1v) is 11.4. The number of ether oxygens (including phenoxy) is 1. The van der Waals surface area contributed by atoms with Crippen molar-refractivity contribution in [3.05, 3.63) is 95.1 Å². The Balaban J connectivity index is 1.42. The minimum Gasteiger partial charge on any atom is -0.484 e. The highest BCUT2D eigenvalue weighted by molar-refractivity contribution is 7.80. The molecule has 0 unspecified atom stereocenters. The number of hydrogen-bond donors (Lipinski definition) is 4. The van der Waals surface area contributed by atoms with E-state index in [0.717, 1.165) is 12.0 Å². The quantitative estimate of drug-likeness (QED) is 0.298. The Morgan fingerprint density at radius 1 is 0.857 bits per heavy atom. The maximum Gasteiger partial charge on any atom is 0.269 e. The van der Waals surface area contributed by atoms with Crippen molar-refractivity contribution in [2.75, 3.05) is 11.9 Å². The van der Waals surface area contributed by atoms with E-state index >= 15 is 0 Å². The Morgan fingerprint density at radius 3 is 2.20 bits per heavy atom. The van der Waals surface area contributed by atoms with E-state index in [0.29, 0.717) is 22.6 Å². The Morgan fingerprint density at radius 2 is 1.54 bits per heavy atom. The second-order valence-electron chi connectivity index (χ2n) is 7.59. The van der Waals surface area contributed by atoms with Crippen LogP contribution in [0.25, 0.3) is 0 Å². The first kappa shape index (κ1) is 25.4. The molecule has 0 aliphatic rings. The maximum atomic E-state index is 12.4. The van der Waals surface area contributed by atoms with Gasteiger partial charge in [0.05, 0.1) is 0 Å². The van der Waals surface area contributed by atoms with Crippen LogP contribution >= 0.6 is 12.2 Å². The number of thiocarbonyl (C=S) groups is 1. The molecule has 0 aromatic heterocycles. The summed E-state index contributed by atoms with van der Waals surface area (Å²) >= 11 is 5.03. The molecule has 0 bridgehead atoms. The standard InChI is InChI=1S/C26H26N4O4S/c1-3-18-8-14-21(15-9-18)34-16-23(31)28-26(35)30-29-24(32)19-10-12-20(13-11-19)27-25(33)22-7-5-4-6-17(22)2/h4-15H,3,16H2,1-2H3,(H,27,33)(H,29,32)(H2,28,30,31,35). The highest BCUT2D eigenvalue weighted by Gasteiger charge is 2.11. The van der Waals surface area contributed by atoms with Crippen LogP contribution in [-0.2, 0) is 11.2 Å². The number of amides is 3. The number of rotatable bonds is 7. The topological polar surface area (TPSA) is 109 Å². The van der Waals surface area contributed by atoms with Gasteiger partial charge in [0.25, 0.3) is 17.7 Å². The number of aryl methyl sites for hydroxylation is 2. The van der Waals surface area contributed by atoms with Crippen LogP contribution in [-0.4, -0.2) is 29.4 Å². The molecular formula is C26H26N4O4S. The van der Waals surface area contributed by atoms with Crippen molar-refractivity contribution in [2.24, 2.45) is 0 Å². The van der Waals surface area contributed by atoms with Crippen molar-refractivity contribution in [3.63, 3.8) is 0 Å². The van der Waals surface area contributed by atoms with Gasteiger partial charge in [0.15, 0.2) is 11.7 Å². The van der Waals surface area contributed by atoms with Crippen molar-refractivity contribution in [2.45, 2.75) is 20.3 Å². The Bertz CT molecular complexity index is 1210. The van der Waals surface area contributed by atoms with E-state index in [2.05, 4.69) is 28.4 Å². The molecule has 4 N–H and O–H groups in total. The summed E-state index contributed by atoms with van der Waals surface area (Å²) in [6.07, 6.45) is 0.918. The number of hydrazine groups is 1. The summed E-state index contributed by atoms with van der Waals surface area (Å²) in [5.41, 5.74) is 8.39. The predicted octanol–water partition coefficient (Wildman–Crippen LogP) is 3.52. The zero-order valence-electron chi connectivity index (χ0n) is 19.4. The average molecular weight is 491 g/mol. The van der Waals surface area contributed by atoms with Crippen molar-refractivity contribution < 1.29 is 19.1 Å². The van der Waals surface area contributed by atoms with Gasteiger partial charge in [0.2, 0.25) is 0 Å². The maximum absolute atomic E-state index is 12.4. The summed E-state index contributed by atoms with van der Waals surface area (Å²) in [4.78, 5) is 36.8. The molecule has 0 aliphatic heterocycles. The smallest absolute Gasteiger partial charge is 0.269 e. The van der Waals surface area contributed by atoms with E-state index in [-0.39, 0.29) is 17.6 Å². The summed E-state index contributed by atoms with van der Waals surface area (Å²) < 4.78 is 5.42. The van der Waals surface area contributed by atoms with Gasteiger partial charge in [0, 0.05) is 16.8 Å². The van der Waals surface area contributed by atoms with Crippen LogP contribution in [0.4, 0.5) is 5.69 Å². The van der Waals surface area contributed by atoms with Gasteiger partial charge in [-0.2, -0.15) is 0 Å². The van der Waals surface area contributed by atoms with E-state index in [1.807, 2.05) is 31.2 Å². The highest BCUT2D eigenvalue weighted by Crippen LogP contribution is 2.14. The highest BCUT2D eigenvalue weighted by atomic mass is 32.1. The van der Waals surface area contributed by atoms with Gasteiger partial charge in [-0.1, -0.05) is 37.3 Å². The molecule has 3 aromatic carbocycles. The third-order valence-corrected chi connectivity index (χ3v) is 5.24. The normalized spacial score (nSPS) is 10.1. The first-order valence-electron chi connectivity index (χ1n) is 10.9. The summed E-state index contributed by atoms with van der Waals surface area (Å²) in [5, 5.41) is 5.15. The van der Waals surface area contributed by atoms with Gasteiger partial charge < -0.3 is 10.1 Å². The van der Waals surface area contributed by atoms with Gasteiger partial charge in [-0.05, 0) is 79.2 Å². The number of hydrogen-bond acceptors (Lipinski definition) is 5. The molecule has 180 valence electrons. The lowest BCUT2D eigenvalue weighted by Gasteiger charge is -2.12. The fourth-order valence-corrected chi connectivity index (χ4v) is 3.25. The number of nitrogens with one attached hydrogen (secondary N) is 4. The van der Waals surface area contributed by atoms with Crippen LogP contribution in [0.3, 0.4) is 0 Å². The molecule has 8 nitrogen and oxygen atoms in total. The second kappa shape index (κ2) is 12.3. The monoisotopic (exact) mass is 490 g/mol. The van der Waals surface area contributed by atoms with Gasteiger partial charge >= 0.3 is 0 Å². The number of carbonyl (C=O) groups is 3. The molecule has 9 heteroatoms.